The molecule has 0 aliphatic heterocycles. The first-order valence-corrected chi connectivity index (χ1v) is 7.25. The molecule has 0 N–H and O–H groups in total. The van der Waals surface area contributed by atoms with Gasteiger partial charge < -0.3 is 0 Å². The van der Waals surface area contributed by atoms with Crippen LogP contribution in [0.5, 0.6) is 0 Å². The Morgan fingerprint density at radius 3 is 2.57 bits per heavy atom. The second kappa shape index (κ2) is 4.79. The van der Waals surface area contributed by atoms with Crippen molar-refractivity contribution >= 4 is 23.0 Å². The number of halogens is 1. The van der Waals surface area contributed by atoms with E-state index < -0.39 is 5.54 Å². The number of hydrogen-bond donors (Lipinski definition) is 0. The van der Waals surface area contributed by atoms with Crippen LogP contribution in [0.25, 0.3) is 10.8 Å². The lowest BCUT2D eigenvalue weighted by atomic mass is 10.0. The average molecular weight is 286 g/mol. The average Bonchev–Trinajstić information content (AvgIpc) is 3.22. The summed E-state index contributed by atoms with van der Waals surface area (Å²) in [5.74, 6) is 0.715. The molecule has 0 bridgehead atoms. The maximum atomic E-state index is 13.6. The van der Waals surface area contributed by atoms with Crippen LogP contribution in [0.4, 0.5) is 10.2 Å². The van der Waals surface area contributed by atoms with Gasteiger partial charge in [-0.3, -0.25) is 9.69 Å². The molecule has 1 fully saturated rings. The van der Waals surface area contributed by atoms with E-state index in [2.05, 4.69) is 4.98 Å². The van der Waals surface area contributed by atoms with Crippen LogP contribution in [-0.2, 0) is 4.79 Å². The zero-order chi connectivity index (χ0) is 15.2. The largest absolute Gasteiger partial charge is 0.294 e. The van der Waals surface area contributed by atoms with Crippen LogP contribution in [0.3, 0.4) is 0 Å². The Morgan fingerprint density at radius 1 is 1.29 bits per heavy atom. The summed E-state index contributed by atoms with van der Waals surface area (Å²) in [6, 6.07) is 6.68. The van der Waals surface area contributed by atoms with E-state index in [1.54, 1.807) is 11.0 Å². The van der Waals surface area contributed by atoms with Crippen molar-refractivity contribution in [2.45, 2.75) is 45.1 Å². The summed E-state index contributed by atoms with van der Waals surface area (Å²) in [5, 5.41) is 1.61. The monoisotopic (exact) mass is 286 g/mol. The SMILES string of the molecule is CC(C)(C)N(C=O)c1nc(C2CC2)cc2ccc(F)cc12. The minimum atomic E-state index is -0.407. The number of carbonyl (C=O) groups is 1. The topological polar surface area (TPSA) is 33.2 Å². The number of benzene rings is 1. The lowest BCUT2D eigenvalue weighted by molar-refractivity contribution is -0.108. The van der Waals surface area contributed by atoms with Gasteiger partial charge in [-0.05, 0) is 57.2 Å². The number of amides is 1. The zero-order valence-corrected chi connectivity index (χ0v) is 12.6. The molecule has 110 valence electrons. The van der Waals surface area contributed by atoms with E-state index in [4.69, 9.17) is 0 Å². The second-order valence-electron chi connectivity index (χ2n) is 6.66. The fourth-order valence-corrected chi connectivity index (χ4v) is 2.52. The Morgan fingerprint density at radius 2 is 2.00 bits per heavy atom. The van der Waals surface area contributed by atoms with Crippen molar-refractivity contribution in [1.82, 2.24) is 4.98 Å². The highest BCUT2D eigenvalue weighted by Crippen LogP contribution is 2.42. The summed E-state index contributed by atoms with van der Waals surface area (Å²) in [6.45, 7) is 5.83. The third-order valence-corrected chi connectivity index (χ3v) is 3.85. The Hall–Kier alpha value is -1.97. The van der Waals surface area contributed by atoms with Gasteiger partial charge in [-0.2, -0.15) is 0 Å². The van der Waals surface area contributed by atoms with Crippen molar-refractivity contribution in [3.63, 3.8) is 0 Å². The first kappa shape index (κ1) is 14.0. The van der Waals surface area contributed by atoms with E-state index in [-0.39, 0.29) is 5.82 Å². The van der Waals surface area contributed by atoms with Gasteiger partial charge >= 0.3 is 0 Å². The molecule has 1 saturated carbocycles. The highest BCUT2D eigenvalue weighted by molar-refractivity contribution is 5.97. The summed E-state index contributed by atoms with van der Waals surface area (Å²) < 4.78 is 13.6. The summed E-state index contributed by atoms with van der Waals surface area (Å²) in [4.78, 5) is 17.8. The summed E-state index contributed by atoms with van der Waals surface area (Å²) >= 11 is 0. The Labute approximate surface area is 123 Å². The van der Waals surface area contributed by atoms with Crippen LogP contribution in [0, 0.1) is 5.82 Å². The maximum absolute atomic E-state index is 13.6. The van der Waals surface area contributed by atoms with Crippen molar-refractivity contribution in [2.24, 2.45) is 0 Å². The molecule has 0 atom stereocenters. The summed E-state index contributed by atoms with van der Waals surface area (Å²) in [7, 11) is 0. The van der Waals surface area contributed by atoms with Crippen LogP contribution >= 0.6 is 0 Å². The van der Waals surface area contributed by atoms with E-state index in [0.717, 1.165) is 30.3 Å². The van der Waals surface area contributed by atoms with Gasteiger partial charge in [0.2, 0.25) is 6.41 Å². The summed E-state index contributed by atoms with van der Waals surface area (Å²) in [5.41, 5.74) is 0.594. The van der Waals surface area contributed by atoms with Gasteiger partial charge in [-0.1, -0.05) is 6.07 Å². The van der Waals surface area contributed by atoms with E-state index >= 15 is 0 Å². The quantitative estimate of drug-likeness (QED) is 0.799. The van der Waals surface area contributed by atoms with E-state index in [1.165, 1.54) is 12.1 Å². The lowest BCUT2D eigenvalue weighted by Gasteiger charge is -2.32. The number of nitrogens with zero attached hydrogens (tertiary/aromatic N) is 2. The summed E-state index contributed by atoms with van der Waals surface area (Å²) in [6.07, 6.45) is 3.05. The molecule has 3 rings (SSSR count). The zero-order valence-electron chi connectivity index (χ0n) is 12.6. The minimum Gasteiger partial charge on any atom is -0.294 e. The Balaban J connectivity index is 2.26. The van der Waals surface area contributed by atoms with Crippen molar-refractivity contribution < 1.29 is 9.18 Å². The van der Waals surface area contributed by atoms with Gasteiger partial charge in [0.05, 0.1) is 0 Å². The fourth-order valence-electron chi connectivity index (χ4n) is 2.52. The van der Waals surface area contributed by atoms with Crippen molar-refractivity contribution in [1.29, 1.82) is 0 Å². The highest BCUT2D eigenvalue weighted by Gasteiger charge is 2.29. The van der Waals surface area contributed by atoms with Crippen molar-refractivity contribution in [3.8, 4) is 0 Å². The standard InChI is InChI=1S/C17H19FN2O/c1-17(2,3)20(10-21)16-14-9-13(18)7-6-12(14)8-15(19-16)11-4-5-11/h6-11H,4-5H2,1-3H3. The molecule has 2 aromatic rings. The normalized spacial score (nSPS) is 15.2. The molecular formula is C17H19FN2O. The Bertz CT molecular complexity index is 702. The molecule has 1 heterocycles. The molecule has 1 amide bonds. The molecule has 1 aromatic carbocycles. The molecule has 0 spiro atoms. The van der Waals surface area contributed by atoms with Gasteiger partial charge in [0.1, 0.15) is 11.6 Å². The third kappa shape index (κ3) is 2.62. The molecule has 0 saturated heterocycles. The molecular weight excluding hydrogens is 267 g/mol. The molecule has 1 aliphatic rings. The molecule has 3 nitrogen and oxygen atoms in total. The van der Waals surface area contributed by atoms with Gasteiger partial charge in [0, 0.05) is 22.5 Å². The Kier molecular flexibility index (Phi) is 3.19. The highest BCUT2D eigenvalue weighted by atomic mass is 19.1. The van der Waals surface area contributed by atoms with Gasteiger partial charge in [-0.15, -0.1) is 0 Å². The number of pyridine rings is 1. The number of rotatable bonds is 3. The molecule has 0 radical (unpaired) electrons. The number of anilines is 1. The molecule has 0 unspecified atom stereocenters. The molecule has 1 aromatic heterocycles. The van der Waals surface area contributed by atoms with Gasteiger partial charge in [0.15, 0.2) is 0 Å². The smallest absolute Gasteiger partial charge is 0.215 e. The molecule has 1 aliphatic carbocycles. The predicted octanol–water partition coefficient (Wildman–Crippen LogP) is 4.01. The van der Waals surface area contributed by atoms with E-state index in [9.17, 15) is 9.18 Å². The maximum Gasteiger partial charge on any atom is 0.215 e. The number of carbonyl (C=O) groups excluding carboxylic acids is 1. The number of fused-ring (bicyclic) bond motifs is 1. The number of aromatic nitrogens is 1. The van der Waals surface area contributed by atoms with Crippen LogP contribution in [0.1, 0.15) is 45.2 Å². The van der Waals surface area contributed by atoms with E-state index in [0.29, 0.717) is 17.1 Å². The predicted molar refractivity (Wildman–Crippen MR) is 82.0 cm³/mol. The van der Waals surface area contributed by atoms with E-state index in [1.807, 2.05) is 26.8 Å². The fraction of sp³-hybridized carbons (Fsp3) is 0.412. The molecule has 4 heteroatoms. The number of hydrogen-bond acceptors (Lipinski definition) is 2. The van der Waals surface area contributed by atoms with Gasteiger partial charge in [-0.25, -0.2) is 9.37 Å². The first-order chi connectivity index (χ1) is 9.90. The van der Waals surface area contributed by atoms with Crippen LogP contribution in [0.2, 0.25) is 0 Å². The molecule has 21 heavy (non-hydrogen) atoms. The van der Waals surface area contributed by atoms with Crippen LogP contribution in [-0.4, -0.2) is 16.9 Å². The van der Waals surface area contributed by atoms with Crippen molar-refractivity contribution in [2.75, 3.05) is 4.90 Å². The van der Waals surface area contributed by atoms with Gasteiger partial charge in [0.25, 0.3) is 0 Å². The van der Waals surface area contributed by atoms with Crippen LogP contribution < -0.4 is 4.90 Å². The minimum absolute atomic E-state index is 0.315. The van der Waals surface area contributed by atoms with Crippen molar-refractivity contribution in [3.05, 3.63) is 35.8 Å². The third-order valence-electron chi connectivity index (χ3n) is 3.85. The first-order valence-electron chi connectivity index (χ1n) is 7.25. The lowest BCUT2D eigenvalue weighted by Crippen LogP contribution is -2.41. The van der Waals surface area contributed by atoms with Crippen LogP contribution in [0.15, 0.2) is 24.3 Å². The second-order valence-corrected chi connectivity index (χ2v) is 6.66.